The summed E-state index contributed by atoms with van der Waals surface area (Å²) in [6.07, 6.45) is 8.25. The zero-order chi connectivity index (χ0) is 37.0. The van der Waals surface area contributed by atoms with Gasteiger partial charge in [-0.25, -0.2) is 0 Å². The van der Waals surface area contributed by atoms with E-state index in [0.29, 0.717) is 5.92 Å². The van der Waals surface area contributed by atoms with Crippen molar-refractivity contribution in [3.05, 3.63) is 184 Å². The van der Waals surface area contributed by atoms with Gasteiger partial charge < -0.3 is 0 Å². The van der Waals surface area contributed by atoms with E-state index in [-0.39, 0.29) is 0 Å². The second-order valence-corrected chi connectivity index (χ2v) is 16.0. The SMILES string of the molecule is CC(C)c1ccnc(-n2c3ccc(-c4ccccc4)cc3c3ccc(Oc4cccc(-n5cc6c7ccc(n6[c]5=[Pt])CCc5ccc(cc5)CC7)c4)cc32)c1. The Morgan fingerprint density at radius 2 is 1.42 bits per heavy atom. The summed E-state index contributed by atoms with van der Waals surface area (Å²) in [4.78, 5) is 4.90. The quantitative estimate of drug-likeness (QED) is 0.167. The number of rotatable bonds is 6. The van der Waals surface area contributed by atoms with Crippen LogP contribution in [0.4, 0.5) is 0 Å². The van der Waals surface area contributed by atoms with Crippen molar-refractivity contribution in [3.8, 4) is 34.1 Å². The standard InChI is InChI=1S/C49H40N4O.Pt/c1-33(2)38-25-26-50-49(28-38)53-46-24-19-39(36-7-4-3-5-8-36)27-45(46)44-23-22-43(30-47(44)53)54-42-10-6-9-41(29-42)51-31-48-37-17-15-34-11-13-35(14-12-34)16-20-40(21-18-37)52(48)32-51;/h3-14,18-19,21-31,33H,15-17,20H2,1-2H3;. The van der Waals surface area contributed by atoms with Gasteiger partial charge in [-0.1, -0.05) is 50.2 Å². The van der Waals surface area contributed by atoms with Crippen molar-refractivity contribution in [2.75, 3.05) is 0 Å². The van der Waals surface area contributed by atoms with E-state index in [2.05, 4.69) is 186 Å². The molecule has 0 atom stereocenters. The van der Waals surface area contributed by atoms with Crippen molar-refractivity contribution in [2.45, 2.75) is 45.4 Å². The van der Waals surface area contributed by atoms with Gasteiger partial charge in [0.2, 0.25) is 0 Å². The number of fused-ring (bicyclic) bond motifs is 3. The third-order valence-electron chi connectivity index (χ3n) is 11.2. The zero-order valence-corrected chi connectivity index (χ0v) is 33.1. The summed E-state index contributed by atoms with van der Waals surface area (Å²) < 4.78 is 14.9. The van der Waals surface area contributed by atoms with E-state index in [4.69, 9.17) is 9.72 Å². The molecule has 0 saturated carbocycles. The number of nitrogens with zero attached hydrogens (tertiary/aromatic N) is 4. The second kappa shape index (κ2) is 13.8. The predicted molar refractivity (Wildman–Crippen MR) is 219 cm³/mol. The number of pyridine rings is 2. The van der Waals surface area contributed by atoms with E-state index >= 15 is 0 Å². The number of ether oxygens (including phenoxy) is 1. The van der Waals surface area contributed by atoms with E-state index in [1.54, 1.807) is 0 Å². The molecule has 6 heterocycles. The molecule has 4 bridgehead atoms. The van der Waals surface area contributed by atoms with Crippen molar-refractivity contribution >= 4 is 27.3 Å². The molecule has 6 heteroatoms. The maximum atomic E-state index is 6.72. The molecule has 0 N–H and O–H groups in total. The Kier molecular flexibility index (Phi) is 8.49. The molecule has 272 valence electrons. The van der Waals surface area contributed by atoms with E-state index in [1.807, 2.05) is 12.3 Å². The normalized spacial score (nSPS) is 12.9. The molecular weight excluding hydrogens is 856 g/mol. The molecule has 5 nitrogen and oxygen atoms in total. The van der Waals surface area contributed by atoms with Gasteiger partial charge in [-0.15, -0.1) is 0 Å². The van der Waals surface area contributed by atoms with Gasteiger partial charge in [-0.3, -0.25) is 0 Å². The molecule has 4 aliphatic rings. The number of hydrogen-bond acceptors (Lipinski definition) is 2. The van der Waals surface area contributed by atoms with Crippen LogP contribution in [0.5, 0.6) is 11.5 Å². The number of aromatic nitrogens is 4. The summed E-state index contributed by atoms with van der Waals surface area (Å²) >= 11 is 2.49. The number of hydrogen-bond donors (Lipinski definition) is 0. The van der Waals surface area contributed by atoms with Crippen molar-refractivity contribution in [2.24, 2.45) is 0 Å². The van der Waals surface area contributed by atoms with Crippen molar-refractivity contribution in [1.29, 1.82) is 0 Å². The molecule has 2 aliphatic carbocycles. The van der Waals surface area contributed by atoms with Gasteiger partial charge in [0, 0.05) is 6.20 Å². The molecule has 9 aromatic rings. The Balaban J connectivity index is 1.05. The molecule has 0 spiro atoms. The van der Waals surface area contributed by atoms with Crippen LogP contribution in [0.15, 0.2) is 152 Å². The Morgan fingerprint density at radius 3 is 2.24 bits per heavy atom. The van der Waals surface area contributed by atoms with Gasteiger partial charge in [0.05, 0.1) is 0 Å². The van der Waals surface area contributed by atoms with Crippen molar-refractivity contribution in [3.63, 3.8) is 0 Å². The molecule has 0 saturated heterocycles. The van der Waals surface area contributed by atoms with Crippen molar-refractivity contribution < 1.29 is 24.1 Å². The minimum absolute atomic E-state index is 0.390. The van der Waals surface area contributed by atoms with Gasteiger partial charge in [-0.2, -0.15) is 0 Å². The summed E-state index contributed by atoms with van der Waals surface area (Å²) in [6, 6.07) is 50.4. The van der Waals surface area contributed by atoms with Crippen molar-refractivity contribution in [1.82, 2.24) is 18.5 Å². The fourth-order valence-electron chi connectivity index (χ4n) is 8.15. The second-order valence-electron chi connectivity index (χ2n) is 14.9. The monoisotopic (exact) mass is 895 g/mol. The summed E-state index contributed by atoms with van der Waals surface area (Å²) in [7, 11) is 0. The first-order valence-electron chi connectivity index (χ1n) is 19.1. The Labute approximate surface area is 331 Å². The summed E-state index contributed by atoms with van der Waals surface area (Å²) in [6.45, 7) is 4.45. The van der Waals surface area contributed by atoms with Gasteiger partial charge in [-0.05, 0) is 28.7 Å². The molecule has 0 unspecified atom stereocenters. The third kappa shape index (κ3) is 6.17. The molecule has 13 rings (SSSR count). The number of benzene rings is 5. The van der Waals surface area contributed by atoms with Crippen LogP contribution in [0.25, 0.3) is 50.0 Å². The molecule has 55 heavy (non-hydrogen) atoms. The van der Waals surface area contributed by atoms with E-state index in [9.17, 15) is 0 Å². The van der Waals surface area contributed by atoms with Crippen LogP contribution in [-0.4, -0.2) is 18.5 Å². The van der Waals surface area contributed by atoms with Crippen LogP contribution >= 0.6 is 0 Å². The van der Waals surface area contributed by atoms with Crippen LogP contribution in [0.2, 0.25) is 0 Å². The molecule has 0 radical (unpaired) electrons. The van der Waals surface area contributed by atoms with Gasteiger partial charge >= 0.3 is 248 Å². The summed E-state index contributed by atoms with van der Waals surface area (Å²) in [5, 5.41) is 2.35. The van der Waals surface area contributed by atoms with Crippen LogP contribution in [0, 0.1) is 3.80 Å². The summed E-state index contributed by atoms with van der Waals surface area (Å²) in [5.74, 6) is 2.86. The molecule has 2 aliphatic heterocycles. The topological polar surface area (TPSA) is 36.4 Å². The van der Waals surface area contributed by atoms with Crippen LogP contribution in [0.1, 0.15) is 47.7 Å². The van der Waals surface area contributed by atoms with Gasteiger partial charge in [0.25, 0.3) is 0 Å². The number of imidazole rings is 1. The van der Waals surface area contributed by atoms with E-state index in [0.717, 1.165) is 68.9 Å². The number of aryl methyl sites for hydroxylation is 4. The zero-order valence-electron chi connectivity index (χ0n) is 30.9. The Morgan fingerprint density at radius 1 is 0.618 bits per heavy atom. The first-order valence-corrected chi connectivity index (χ1v) is 20.3. The van der Waals surface area contributed by atoms with Gasteiger partial charge in [0.15, 0.2) is 0 Å². The Bertz CT molecular complexity index is 2950. The average molecular weight is 896 g/mol. The summed E-state index contributed by atoms with van der Waals surface area (Å²) in [5.41, 5.74) is 13.6. The molecule has 5 aromatic carbocycles. The maximum absolute atomic E-state index is 6.72. The molecule has 0 amide bonds. The minimum atomic E-state index is 0.390. The molecule has 4 aromatic heterocycles. The van der Waals surface area contributed by atoms with Crippen LogP contribution in [0.3, 0.4) is 0 Å². The van der Waals surface area contributed by atoms with Crippen LogP contribution in [-0.2, 0) is 45.0 Å². The Hall–Kier alpha value is -5.77. The molecule has 0 fully saturated rings. The first kappa shape index (κ1) is 33.8. The molecular formula is C49H40N4OPt. The van der Waals surface area contributed by atoms with E-state index < -0.39 is 0 Å². The third-order valence-corrected chi connectivity index (χ3v) is 12.2. The van der Waals surface area contributed by atoms with E-state index in [1.165, 1.54) is 50.0 Å². The fourth-order valence-corrected chi connectivity index (χ4v) is 9.19. The average Bonchev–Trinajstić information content (AvgIpc) is 3.73. The predicted octanol–water partition coefficient (Wildman–Crippen LogP) is 11.8. The van der Waals surface area contributed by atoms with Crippen LogP contribution < -0.4 is 4.74 Å². The van der Waals surface area contributed by atoms with Gasteiger partial charge in [0.1, 0.15) is 0 Å². The first-order chi connectivity index (χ1) is 27.0. The fraction of sp³-hybridized carbons (Fsp3) is 0.143.